The van der Waals surface area contributed by atoms with Gasteiger partial charge in [0.2, 0.25) is 5.78 Å². The topological polar surface area (TPSA) is 68.4 Å². The van der Waals surface area contributed by atoms with Crippen molar-refractivity contribution in [1.29, 1.82) is 0 Å². The van der Waals surface area contributed by atoms with Gasteiger partial charge in [0.05, 0.1) is 12.7 Å². The van der Waals surface area contributed by atoms with E-state index >= 15 is 0 Å². The lowest BCUT2D eigenvalue weighted by Gasteiger charge is -2.12. The molecular formula is C19H17NO4. The number of methoxy groups -OCH3 is 1. The zero-order valence-corrected chi connectivity index (χ0v) is 13.4. The summed E-state index contributed by atoms with van der Waals surface area (Å²) in [4.78, 5) is 27.9. The van der Waals surface area contributed by atoms with Gasteiger partial charge in [-0.3, -0.25) is 4.79 Å². The van der Waals surface area contributed by atoms with Gasteiger partial charge in [-0.25, -0.2) is 4.79 Å². The van der Waals surface area contributed by atoms with Crippen LogP contribution in [0.3, 0.4) is 0 Å². The summed E-state index contributed by atoms with van der Waals surface area (Å²) in [7, 11) is 1.52. The number of ketones is 1. The number of para-hydroxylation sites is 1. The van der Waals surface area contributed by atoms with Crippen LogP contribution in [-0.2, 0) is 4.74 Å². The fraction of sp³-hybridized carbons (Fsp3) is 0.158. The summed E-state index contributed by atoms with van der Waals surface area (Å²) >= 11 is 0. The standard InChI is InChI=1S/C19H17NO4/c1-12(24-19(22)13-6-5-7-14(10-13)23-2)18(21)16-11-20-17-9-4-3-8-15(16)17/h3-12,20H,1-2H3. The Morgan fingerprint density at radius 3 is 2.67 bits per heavy atom. The van der Waals surface area contributed by atoms with Crippen LogP contribution in [0.15, 0.2) is 54.7 Å². The molecule has 5 nitrogen and oxygen atoms in total. The highest BCUT2D eigenvalue weighted by molar-refractivity contribution is 6.10. The summed E-state index contributed by atoms with van der Waals surface area (Å²) < 4.78 is 10.4. The number of carbonyl (C=O) groups is 2. The van der Waals surface area contributed by atoms with Gasteiger partial charge in [0.25, 0.3) is 0 Å². The number of nitrogens with one attached hydrogen (secondary N) is 1. The van der Waals surface area contributed by atoms with E-state index < -0.39 is 12.1 Å². The molecule has 5 heteroatoms. The number of Topliss-reactive ketones (excluding diaryl/α,β-unsaturated/α-hetero) is 1. The molecule has 1 atom stereocenters. The maximum absolute atomic E-state index is 12.6. The van der Waals surface area contributed by atoms with Crippen molar-refractivity contribution in [2.24, 2.45) is 0 Å². The number of hydrogen-bond donors (Lipinski definition) is 1. The molecule has 3 aromatic rings. The largest absolute Gasteiger partial charge is 0.497 e. The number of fused-ring (bicyclic) bond motifs is 1. The minimum atomic E-state index is -0.886. The third-order valence-corrected chi connectivity index (χ3v) is 3.81. The molecule has 2 aromatic carbocycles. The number of aromatic nitrogens is 1. The zero-order chi connectivity index (χ0) is 17.1. The van der Waals surface area contributed by atoms with Crippen LogP contribution in [-0.4, -0.2) is 30.0 Å². The molecular weight excluding hydrogens is 306 g/mol. The summed E-state index contributed by atoms with van der Waals surface area (Å²) in [6.45, 7) is 1.57. The quantitative estimate of drug-likeness (QED) is 0.575. The number of carbonyl (C=O) groups excluding carboxylic acids is 2. The Morgan fingerprint density at radius 2 is 1.88 bits per heavy atom. The SMILES string of the molecule is COc1cccc(C(=O)OC(C)C(=O)c2c[nH]c3ccccc23)c1. The van der Waals surface area contributed by atoms with Gasteiger partial charge < -0.3 is 14.5 Å². The van der Waals surface area contributed by atoms with Crippen molar-refractivity contribution in [1.82, 2.24) is 4.98 Å². The van der Waals surface area contributed by atoms with Crippen molar-refractivity contribution >= 4 is 22.7 Å². The van der Waals surface area contributed by atoms with E-state index in [1.807, 2.05) is 24.3 Å². The van der Waals surface area contributed by atoms with Crippen molar-refractivity contribution in [3.63, 3.8) is 0 Å². The number of rotatable bonds is 5. The van der Waals surface area contributed by atoms with Crippen LogP contribution in [0.2, 0.25) is 0 Å². The predicted octanol–water partition coefficient (Wildman–Crippen LogP) is 3.60. The van der Waals surface area contributed by atoms with Gasteiger partial charge in [0, 0.05) is 22.7 Å². The van der Waals surface area contributed by atoms with Crippen molar-refractivity contribution < 1.29 is 19.1 Å². The Morgan fingerprint density at radius 1 is 1.08 bits per heavy atom. The molecule has 0 amide bonds. The highest BCUT2D eigenvalue weighted by Crippen LogP contribution is 2.21. The first kappa shape index (κ1) is 15.8. The van der Waals surface area contributed by atoms with E-state index in [2.05, 4.69) is 4.98 Å². The Labute approximate surface area is 139 Å². The highest BCUT2D eigenvalue weighted by Gasteiger charge is 2.23. The molecule has 1 aromatic heterocycles. The normalized spacial score (nSPS) is 11.9. The van der Waals surface area contributed by atoms with Crippen LogP contribution in [0.5, 0.6) is 5.75 Å². The Balaban J connectivity index is 1.77. The van der Waals surface area contributed by atoms with E-state index in [-0.39, 0.29) is 5.78 Å². The van der Waals surface area contributed by atoms with Crippen LogP contribution in [0.25, 0.3) is 10.9 Å². The number of ether oxygens (including phenoxy) is 2. The molecule has 3 rings (SSSR count). The predicted molar refractivity (Wildman–Crippen MR) is 90.5 cm³/mol. The van der Waals surface area contributed by atoms with Crippen molar-refractivity contribution in [3.05, 3.63) is 65.9 Å². The molecule has 1 heterocycles. The molecule has 1 unspecified atom stereocenters. The lowest BCUT2D eigenvalue weighted by Crippen LogP contribution is -2.24. The van der Waals surface area contributed by atoms with E-state index in [0.717, 1.165) is 10.9 Å². The van der Waals surface area contributed by atoms with Gasteiger partial charge in [0.1, 0.15) is 5.75 Å². The van der Waals surface area contributed by atoms with Crippen LogP contribution in [0.4, 0.5) is 0 Å². The van der Waals surface area contributed by atoms with E-state index in [1.54, 1.807) is 37.4 Å². The number of esters is 1. The zero-order valence-electron chi connectivity index (χ0n) is 13.4. The number of hydrogen-bond acceptors (Lipinski definition) is 4. The second-order valence-electron chi connectivity index (χ2n) is 5.39. The second-order valence-corrected chi connectivity index (χ2v) is 5.39. The summed E-state index contributed by atoms with van der Waals surface area (Å²) in [5.41, 5.74) is 1.72. The number of benzene rings is 2. The summed E-state index contributed by atoms with van der Waals surface area (Å²) in [6, 6.07) is 14.1. The van der Waals surface area contributed by atoms with Gasteiger partial charge in [-0.1, -0.05) is 24.3 Å². The summed E-state index contributed by atoms with van der Waals surface area (Å²) in [5, 5.41) is 0.812. The molecule has 0 aliphatic heterocycles. The van der Waals surface area contributed by atoms with Crippen LogP contribution in [0.1, 0.15) is 27.6 Å². The van der Waals surface area contributed by atoms with E-state index in [4.69, 9.17) is 9.47 Å². The average molecular weight is 323 g/mol. The first-order valence-corrected chi connectivity index (χ1v) is 7.55. The van der Waals surface area contributed by atoms with Gasteiger partial charge >= 0.3 is 5.97 Å². The molecule has 0 spiro atoms. The fourth-order valence-electron chi connectivity index (χ4n) is 2.53. The fourth-order valence-corrected chi connectivity index (χ4v) is 2.53. The van der Waals surface area contributed by atoms with Gasteiger partial charge in [-0.15, -0.1) is 0 Å². The van der Waals surface area contributed by atoms with Crippen molar-refractivity contribution in [3.8, 4) is 5.75 Å². The van der Waals surface area contributed by atoms with Crippen molar-refractivity contribution in [2.45, 2.75) is 13.0 Å². The number of H-pyrrole nitrogens is 1. The highest BCUT2D eigenvalue weighted by atomic mass is 16.5. The third kappa shape index (κ3) is 3.01. The maximum Gasteiger partial charge on any atom is 0.338 e. The van der Waals surface area contributed by atoms with Crippen molar-refractivity contribution in [2.75, 3.05) is 7.11 Å². The van der Waals surface area contributed by atoms with Crippen LogP contribution < -0.4 is 4.74 Å². The Kier molecular flexibility index (Phi) is 4.33. The maximum atomic E-state index is 12.6. The van der Waals surface area contributed by atoms with Gasteiger partial charge in [0.15, 0.2) is 6.10 Å². The number of aromatic amines is 1. The Bertz CT molecular complexity index is 897. The molecule has 0 fully saturated rings. The average Bonchev–Trinajstić information content (AvgIpc) is 3.05. The molecule has 1 N–H and O–H groups in total. The second kappa shape index (κ2) is 6.58. The Hall–Kier alpha value is -3.08. The lowest BCUT2D eigenvalue weighted by molar-refractivity contribution is 0.0319. The first-order chi connectivity index (χ1) is 11.6. The molecule has 122 valence electrons. The summed E-state index contributed by atoms with van der Waals surface area (Å²) in [6.07, 6.45) is 0.756. The van der Waals surface area contributed by atoms with Gasteiger partial charge in [-0.2, -0.15) is 0 Å². The summed E-state index contributed by atoms with van der Waals surface area (Å²) in [5.74, 6) is -0.252. The first-order valence-electron chi connectivity index (χ1n) is 7.55. The van der Waals surface area contributed by atoms with E-state index in [9.17, 15) is 9.59 Å². The minimum absolute atomic E-state index is 0.247. The van der Waals surface area contributed by atoms with E-state index in [0.29, 0.717) is 16.9 Å². The smallest absolute Gasteiger partial charge is 0.338 e. The minimum Gasteiger partial charge on any atom is -0.497 e. The monoisotopic (exact) mass is 323 g/mol. The molecule has 0 aliphatic rings. The molecule has 0 saturated heterocycles. The van der Waals surface area contributed by atoms with E-state index in [1.165, 1.54) is 7.11 Å². The lowest BCUT2D eigenvalue weighted by atomic mass is 10.1. The molecule has 0 radical (unpaired) electrons. The molecule has 0 aliphatic carbocycles. The molecule has 0 saturated carbocycles. The molecule has 24 heavy (non-hydrogen) atoms. The molecule has 0 bridgehead atoms. The van der Waals surface area contributed by atoms with Crippen LogP contribution in [0, 0.1) is 0 Å². The third-order valence-electron chi connectivity index (χ3n) is 3.81. The van der Waals surface area contributed by atoms with Crippen LogP contribution >= 0.6 is 0 Å². The van der Waals surface area contributed by atoms with Gasteiger partial charge in [-0.05, 0) is 31.2 Å².